The smallest absolute Gasteiger partial charge is 0.437 e. The molecule has 0 bridgehead atoms. The summed E-state index contributed by atoms with van der Waals surface area (Å²) in [7, 11) is 0.949. The molecule has 0 aliphatic rings. The molecular weight excluding hydrogens is 235 g/mol. The average molecular weight is 242 g/mol. The molecule has 0 fully saturated rings. The molecule has 0 saturated carbocycles. The van der Waals surface area contributed by atoms with Crippen molar-refractivity contribution in [3.05, 3.63) is 17.5 Å². The lowest BCUT2D eigenvalue weighted by Gasteiger charge is -2.14. The fourth-order valence-corrected chi connectivity index (χ4v) is 1.09. The molecule has 90 valence electrons. The first kappa shape index (κ1) is 12.5. The molecular formula is C8H7F5N2O. The minimum Gasteiger partial charge on any atom is -0.492 e. The van der Waals surface area contributed by atoms with Crippen LogP contribution in [0.5, 0.6) is 5.75 Å². The first-order valence-corrected chi connectivity index (χ1v) is 3.97. The molecule has 0 spiro atoms. The summed E-state index contributed by atoms with van der Waals surface area (Å²) in [5.41, 5.74) is 2.05. The lowest BCUT2D eigenvalue weighted by molar-refractivity contribution is -0.142. The van der Waals surface area contributed by atoms with Gasteiger partial charge in [0.1, 0.15) is 5.69 Å². The summed E-state index contributed by atoms with van der Waals surface area (Å²) in [6.07, 6.45) is -8.03. The third-order valence-corrected chi connectivity index (χ3v) is 1.72. The molecule has 16 heavy (non-hydrogen) atoms. The number of rotatable bonds is 2. The topological polar surface area (TPSA) is 48.1 Å². The second-order valence-corrected chi connectivity index (χ2v) is 2.82. The Balaban J connectivity index is 3.43. The van der Waals surface area contributed by atoms with Gasteiger partial charge in [-0.25, -0.2) is 13.8 Å². The van der Waals surface area contributed by atoms with E-state index in [0.717, 1.165) is 7.11 Å². The van der Waals surface area contributed by atoms with E-state index < -0.39 is 35.4 Å². The van der Waals surface area contributed by atoms with E-state index in [1.807, 2.05) is 0 Å². The first-order valence-electron chi connectivity index (χ1n) is 3.97. The Morgan fingerprint density at radius 3 is 2.31 bits per heavy atom. The van der Waals surface area contributed by atoms with Gasteiger partial charge in [-0.15, -0.1) is 0 Å². The van der Waals surface area contributed by atoms with Crippen molar-refractivity contribution in [1.29, 1.82) is 0 Å². The molecule has 0 unspecified atom stereocenters. The van der Waals surface area contributed by atoms with Crippen molar-refractivity contribution < 1.29 is 26.7 Å². The van der Waals surface area contributed by atoms with Crippen LogP contribution in [0.2, 0.25) is 0 Å². The minimum atomic E-state index is -4.90. The summed E-state index contributed by atoms with van der Waals surface area (Å²) in [6.45, 7) is 0. The van der Waals surface area contributed by atoms with Gasteiger partial charge in [-0.1, -0.05) is 0 Å². The highest BCUT2D eigenvalue weighted by Crippen LogP contribution is 2.39. The van der Waals surface area contributed by atoms with Crippen LogP contribution in [0.25, 0.3) is 0 Å². The van der Waals surface area contributed by atoms with Crippen LogP contribution in [-0.2, 0) is 6.18 Å². The standard InChI is InChI=1S/C8H7F5N2O/c1-16-5-3(14)2-4(7(9)10)15-6(5)8(11,12)13/h2,7H,1H3,(H2,14,15). The number of alkyl halides is 5. The van der Waals surface area contributed by atoms with Gasteiger partial charge in [-0.2, -0.15) is 13.2 Å². The zero-order valence-corrected chi connectivity index (χ0v) is 7.98. The maximum Gasteiger partial charge on any atom is 0.437 e. The van der Waals surface area contributed by atoms with Gasteiger partial charge in [-0.05, 0) is 6.07 Å². The van der Waals surface area contributed by atoms with Crippen LogP contribution in [0.1, 0.15) is 17.8 Å². The SMILES string of the molecule is COc1c(N)cc(C(F)F)nc1C(F)(F)F. The van der Waals surface area contributed by atoms with Gasteiger partial charge in [0.25, 0.3) is 6.43 Å². The molecule has 0 aliphatic carbocycles. The molecule has 0 amide bonds. The fraction of sp³-hybridized carbons (Fsp3) is 0.375. The van der Waals surface area contributed by atoms with E-state index in [-0.39, 0.29) is 0 Å². The monoisotopic (exact) mass is 242 g/mol. The summed E-state index contributed by atoms with van der Waals surface area (Å²) in [5.74, 6) is -0.753. The van der Waals surface area contributed by atoms with E-state index >= 15 is 0 Å². The molecule has 0 radical (unpaired) electrons. The van der Waals surface area contributed by atoms with Gasteiger partial charge in [0.2, 0.25) is 0 Å². The van der Waals surface area contributed by atoms with E-state index in [2.05, 4.69) is 9.72 Å². The molecule has 0 aliphatic heterocycles. The summed E-state index contributed by atoms with van der Waals surface area (Å²) in [4.78, 5) is 2.80. The number of methoxy groups -OCH3 is 1. The van der Waals surface area contributed by atoms with Crippen molar-refractivity contribution in [1.82, 2.24) is 4.98 Å². The van der Waals surface area contributed by atoms with Crippen LogP contribution in [0.3, 0.4) is 0 Å². The lowest BCUT2D eigenvalue weighted by atomic mass is 10.2. The molecule has 3 nitrogen and oxygen atoms in total. The molecule has 1 heterocycles. The molecule has 8 heteroatoms. The zero-order chi connectivity index (χ0) is 12.5. The lowest BCUT2D eigenvalue weighted by Crippen LogP contribution is -2.13. The number of halogens is 5. The molecule has 0 aromatic carbocycles. The highest BCUT2D eigenvalue weighted by atomic mass is 19.4. The van der Waals surface area contributed by atoms with Crippen LogP contribution in [0, 0.1) is 0 Å². The third-order valence-electron chi connectivity index (χ3n) is 1.72. The van der Waals surface area contributed by atoms with Gasteiger partial charge in [0, 0.05) is 0 Å². The number of nitrogens with zero attached hydrogens (tertiary/aromatic N) is 1. The third kappa shape index (κ3) is 2.31. The normalized spacial score (nSPS) is 11.9. The van der Waals surface area contributed by atoms with Crippen LogP contribution in [-0.4, -0.2) is 12.1 Å². The summed E-state index contributed by atoms with van der Waals surface area (Å²) in [6, 6.07) is 0.652. The number of aromatic nitrogens is 1. The van der Waals surface area contributed by atoms with E-state index in [1.165, 1.54) is 0 Å². The molecule has 1 aromatic heterocycles. The number of pyridine rings is 1. The van der Waals surface area contributed by atoms with Gasteiger partial charge in [-0.3, -0.25) is 0 Å². The fourth-order valence-electron chi connectivity index (χ4n) is 1.09. The number of ether oxygens (including phenoxy) is 1. The largest absolute Gasteiger partial charge is 0.492 e. The minimum absolute atomic E-state index is 0.528. The van der Waals surface area contributed by atoms with E-state index in [0.29, 0.717) is 6.07 Å². The molecule has 2 N–H and O–H groups in total. The number of hydrogen-bond acceptors (Lipinski definition) is 3. The second kappa shape index (κ2) is 4.11. The van der Waals surface area contributed by atoms with Crippen LogP contribution in [0.4, 0.5) is 27.6 Å². The summed E-state index contributed by atoms with van der Waals surface area (Å²) in [5, 5.41) is 0. The molecule has 0 saturated heterocycles. The van der Waals surface area contributed by atoms with Gasteiger partial charge in [0.15, 0.2) is 11.4 Å². The Labute approximate surface area is 87.0 Å². The highest BCUT2D eigenvalue weighted by Gasteiger charge is 2.38. The molecule has 1 aromatic rings. The zero-order valence-electron chi connectivity index (χ0n) is 7.98. The van der Waals surface area contributed by atoms with Crippen LogP contribution in [0.15, 0.2) is 6.07 Å². The summed E-state index contributed by atoms with van der Waals surface area (Å²) < 4.78 is 66.1. The maximum absolute atomic E-state index is 12.4. The highest BCUT2D eigenvalue weighted by molar-refractivity contribution is 5.56. The Hall–Kier alpha value is -1.60. The summed E-state index contributed by atoms with van der Waals surface area (Å²) >= 11 is 0. The average Bonchev–Trinajstić information content (AvgIpc) is 2.14. The Bertz CT molecular complexity index is 391. The number of nitrogen functional groups attached to an aromatic ring is 1. The van der Waals surface area contributed by atoms with Crippen LogP contribution >= 0.6 is 0 Å². The quantitative estimate of drug-likeness (QED) is 0.811. The number of nitrogens with two attached hydrogens (primary N) is 1. The van der Waals surface area contributed by atoms with Gasteiger partial charge >= 0.3 is 6.18 Å². The van der Waals surface area contributed by atoms with Crippen LogP contribution < -0.4 is 10.5 Å². The van der Waals surface area contributed by atoms with E-state index in [1.54, 1.807) is 0 Å². The Morgan fingerprint density at radius 1 is 1.38 bits per heavy atom. The van der Waals surface area contributed by atoms with Gasteiger partial charge in [0.05, 0.1) is 12.8 Å². The van der Waals surface area contributed by atoms with Crippen molar-refractivity contribution in [2.24, 2.45) is 0 Å². The Morgan fingerprint density at radius 2 is 1.94 bits per heavy atom. The molecule has 1 rings (SSSR count). The first-order chi connectivity index (χ1) is 7.27. The van der Waals surface area contributed by atoms with E-state index in [4.69, 9.17) is 5.73 Å². The predicted octanol–water partition coefficient (Wildman–Crippen LogP) is 2.63. The van der Waals surface area contributed by atoms with Crippen molar-refractivity contribution in [2.45, 2.75) is 12.6 Å². The number of anilines is 1. The van der Waals surface area contributed by atoms with E-state index in [9.17, 15) is 22.0 Å². The predicted molar refractivity (Wildman–Crippen MR) is 45.2 cm³/mol. The van der Waals surface area contributed by atoms with Crippen molar-refractivity contribution in [2.75, 3.05) is 12.8 Å². The Kier molecular flexibility index (Phi) is 3.20. The van der Waals surface area contributed by atoms with Crippen molar-refractivity contribution in [3.63, 3.8) is 0 Å². The van der Waals surface area contributed by atoms with Crippen molar-refractivity contribution in [3.8, 4) is 5.75 Å². The number of hydrogen-bond donors (Lipinski definition) is 1. The maximum atomic E-state index is 12.4. The van der Waals surface area contributed by atoms with Crippen molar-refractivity contribution >= 4 is 5.69 Å². The van der Waals surface area contributed by atoms with Gasteiger partial charge < -0.3 is 10.5 Å². The second-order valence-electron chi connectivity index (χ2n) is 2.82. The molecule has 0 atom stereocenters.